The van der Waals surface area contributed by atoms with Crippen LogP contribution in [-0.2, 0) is 9.16 Å². The highest BCUT2D eigenvalue weighted by molar-refractivity contribution is 14.1. The van der Waals surface area contributed by atoms with E-state index in [0.717, 1.165) is 11.3 Å². The molecule has 7 nitrogen and oxygen atoms in total. The Morgan fingerprint density at radius 1 is 1.32 bits per heavy atom. The third-order valence-electron chi connectivity index (χ3n) is 3.42. The summed E-state index contributed by atoms with van der Waals surface area (Å²) in [4.78, 5) is 16.6. The molecule has 25 heavy (non-hydrogen) atoms. The zero-order chi connectivity index (χ0) is 18.4. The minimum atomic E-state index is -0.525. The van der Waals surface area contributed by atoms with Crippen molar-refractivity contribution in [1.29, 1.82) is 0 Å². The van der Waals surface area contributed by atoms with Gasteiger partial charge in [-0.1, -0.05) is 36.4 Å². The number of esters is 1. The Morgan fingerprint density at radius 3 is 2.68 bits per heavy atom. The number of aromatic nitrogens is 3. The third kappa shape index (κ3) is 4.77. The first-order valence-corrected chi connectivity index (χ1v) is 9.44. The van der Waals surface area contributed by atoms with E-state index in [4.69, 9.17) is 9.47 Å². The summed E-state index contributed by atoms with van der Waals surface area (Å²) in [5.41, 5.74) is 2.40. The molecular weight excluding hydrogens is 435 g/mol. The van der Waals surface area contributed by atoms with Crippen LogP contribution in [0.2, 0.25) is 0 Å². The summed E-state index contributed by atoms with van der Waals surface area (Å²) in [5.74, 6) is 0.871. The fraction of sp³-hybridized carbons (Fsp3) is 0.412. The highest BCUT2D eigenvalue weighted by Crippen LogP contribution is 2.28. The number of nitrogens with zero attached hydrogens (tertiary/aromatic N) is 3. The number of alkyl halides is 1. The zero-order valence-corrected chi connectivity index (χ0v) is 16.8. The Bertz CT molecular complexity index is 753. The first-order chi connectivity index (χ1) is 12.0. The van der Waals surface area contributed by atoms with Crippen molar-refractivity contribution in [3.63, 3.8) is 0 Å². The molecule has 0 amide bonds. The van der Waals surface area contributed by atoms with Crippen LogP contribution in [0.25, 0.3) is 0 Å². The van der Waals surface area contributed by atoms with E-state index in [1.54, 1.807) is 20.1 Å². The van der Waals surface area contributed by atoms with Gasteiger partial charge in [0.1, 0.15) is 5.82 Å². The summed E-state index contributed by atoms with van der Waals surface area (Å²) < 4.78 is 11.1. The van der Waals surface area contributed by atoms with E-state index in [2.05, 4.69) is 56.9 Å². The van der Waals surface area contributed by atoms with Gasteiger partial charge in [-0.15, -0.1) is 5.10 Å². The van der Waals surface area contributed by atoms with Crippen LogP contribution in [0.1, 0.15) is 48.4 Å². The molecule has 0 aromatic carbocycles. The van der Waals surface area contributed by atoms with Crippen molar-refractivity contribution in [3.05, 3.63) is 35.2 Å². The van der Waals surface area contributed by atoms with E-state index in [0.29, 0.717) is 27.7 Å². The van der Waals surface area contributed by atoms with Gasteiger partial charge >= 0.3 is 5.97 Å². The second kappa shape index (κ2) is 8.93. The molecule has 0 bridgehead atoms. The standard InChI is InChI=1S/C17H21IN4O3/c1-5-25-17(23)15-13(8-11(9-18)21-22-15)19-14-7-6-12(10(2)3)16(20-14)24-4/h6-8,10H,5,9H2,1-4H3,(H,19,20,21). The quantitative estimate of drug-likeness (QED) is 0.385. The molecule has 0 aliphatic carbocycles. The van der Waals surface area contributed by atoms with Gasteiger partial charge in [0.15, 0.2) is 5.69 Å². The topological polar surface area (TPSA) is 86.2 Å². The Morgan fingerprint density at radius 2 is 2.08 bits per heavy atom. The number of carbonyl (C=O) groups is 1. The highest BCUT2D eigenvalue weighted by Gasteiger charge is 2.18. The van der Waals surface area contributed by atoms with Crippen LogP contribution in [0.4, 0.5) is 11.5 Å². The smallest absolute Gasteiger partial charge is 0.361 e. The minimum Gasteiger partial charge on any atom is -0.481 e. The van der Waals surface area contributed by atoms with Gasteiger partial charge < -0.3 is 14.8 Å². The predicted molar refractivity (Wildman–Crippen MR) is 104 cm³/mol. The lowest BCUT2D eigenvalue weighted by Gasteiger charge is -2.14. The Balaban J connectivity index is 2.39. The molecule has 1 N–H and O–H groups in total. The van der Waals surface area contributed by atoms with E-state index in [1.807, 2.05) is 12.1 Å². The summed E-state index contributed by atoms with van der Waals surface area (Å²) >= 11 is 2.19. The number of ether oxygens (including phenoxy) is 2. The van der Waals surface area contributed by atoms with Gasteiger partial charge in [-0.3, -0.25) is 0 Å². The third-order valence-corrected chi connectivity index (χ3v) is 4.20. The number of rotatable bonds is 7. The van der Waals surface area contributed by atoms with Crippen LogP contribution < -0.4 is 10.1 Å². The maximum absolute atomic E-state index is 12.1. The van der Waals surface area contributed by atoms with Crippen molar-refractivity contribution in [3.8, 4) is 5.88 Å². The molecule has 134 valence electrons. The van der Waals surface area contributed by atoms with Crippen LogP contribution in [-0.4, -0.2) is 34.9 Å². The van der Waals surface area contributed by atoms with Crippen LogP contribution in [0.5, 0.6) is 5.88 Å². The average molecular weight is 456 g/mol. The number of hydrogen-bond acceptors (Lipinski definition) is 7. The molecule has 2 aromatic rings. The van der Waals surface area contributed by atoms with Crippen LogP contribution in [0.3, 0.4) is 0 Å². The molecule has 0 fully saturated rings. The van der Waals surface area contributed by atoms with E-state index >= 15 is 0 Å². The normalized spacial score (nSPS) is 10.6. The van der Waals surface area contributed by atoms with Crippen LogP contribution >= 0.6 is 22.6 Å². The van der Waals surface area contributed by atoms with Gasteiger partial charge in [-0.05, 0) is 31.0 Å². The van der Waals surface area contributed by atoms with Crippen molar-refractivity contribution in [1.82, 2.24) is 15.2 Å². The second-order valence-electron chi connectivity index (χ2n) is 5.53. The molecule has 0 atom stereocenters. The molecule has 0 spiro atoms. The highest BCUT2D eigenvalue weighted by atomic mass is 127. The lowest BCUT2D eigenvalue weighted by molar-refractivity contribution is 0.0519. The SMILES string of the molecule is CCOC(=O)c1nnc(CI)cc1Nc1ccc(C(C)C)c(OC)n1. The molecule has 0 aliphatic rings. The maximum Gasteiger partial charge on any atom is 0.361 e. The molecule has 0 saturated carbocycles. The number of anilines is 2. The van der Waals surface area contributed by atoms with Crippen LogP contribution in [0.15, 0.2) is 18.2 Å². The van der Waals surface area contributed by atoms with Gasteiger partial charge in [-0.2, -0.15) is 10.1 Å². The molecular formula is C17H21IN4O3. The summed E-state index contributed by atoms with van der Waals surface area (Å²) in [5, 5.41) is 11.2. The van der Waals surface area contributed by atoms with E-state index < -0.39 is 5.97 Å². The minimum absolute atomic E-state index is 0.129. The lowest BCUT2D eigenvalue weighted by atomic mass is 10.1. The number of nitrogens with one attached hydrogen (secondary N) is 1. The maximum atomic E-state index is 12.1. The predicted octanol–water partition coefficient (Wildman–Crippen LogP) is 3.86. The lowest BCUT2D eigenvalue weighted by Crippen LogP contribution is -2.13. The molecule has 0 radical (unpaired) electrons. The average Bonchev–Trinajstić information content (AvgIpc) is 2.61. The number of halogens is 1. The molecule has 8 heteroatoms. The summed E-state index contributed by atoms with van der Waals surface area (Å²) in [6.45, 7) is 6.16. The van der Waals surface area contributed by atoms with Crippen LogP contribution in [0, 0.1) is 0 Å². The zero-order valence-electron chi connectivity index (χ0n) is 14.7. The first kappa shape index (κ1) is 19.4. The van der Waals surface area contributed by atoms with E-state index in [9.17, 15) is 4.79 Å². The molecule has 0 aliphatic heterocycles. The fourth-order valence-electron chi connectivity index (χ4n) is 2.20. The molecule has 2 heterocycles. The van der Waals surface area contributed by atoms with Gasteiger partial charge in [0.2, 0.25) is 5.88 Å². The van der Waals surface area contributed by atoms with Crippen molar-refractivity contribution < 1.29 is 14.3 Å². The van der Waals surface area contributed by atoms with E-state index in [1.165, 1.54) is 0 Å². The number of methoxy groups -OCH3 is 1. The fourth-order valence-corrected chi connectivity index (χ4v) is 2.58. The molecule has 0 saturated heterocycles. The monoisotopic (exact) mass is 456 g/mol. The number of pyridine rings is 1. The molecule has 2 aromatic heterocycles. The summed E-state index contributed by atoms with van der Waals surface area (Å²) in [6, 6.07) is 5.57. The second-order valence-corrected chi connectivity index (χ2v) is 6.29. The van der Waals surface area contributed by atoms with Gasteiger partial charge in [0, 0.05) is 9.99 Å². The van der Waals surface area contributed by atoms with Crippen molar-refractivity contribution in [2.24, 2.45) is 0 Å². The Labute approximate surface area is 160 Å². The van der Waals surface area contributed by atoms with Crippen molar-refractivity contribution >= 4 is 40.1 Å². The largest absolute Gasteiger partial charge is 0.481 e. The van der Waals surface area contributed by atoms with Gasteiger partial charge in [0.25, 0.3) is 0 Å². The van der Waals surface area contributed by atoms with Gasteiger partial charge in [-0.25, -0.2) is 4.79 Å². The Hall–Kier alpha value is -1.97. The van der Waals surface area contributed by atoms with Gasteiger partial charge in [0.05, 0.1) is 25.1 Å². The summed E-state index contributed by atoms with van der Waals surface area (Å²) in [6.07, 6.45) is 0. The number of hydrogen-bond donors (Lipinski definition) is 1. The first-order valence-electron chi connectivity index (χ1n) is 7.91. The molecule has 0 unspecified atom stereocenters. The van der Waals surface area contributed by atoms with E-state index in [-0.39, 0.29) is 12.3 Å². The van der Waals surface area contributed by atoms with Crippen molar-refractivity contribution in [2.75, 3.05) is 19.0 Å². The molecule has 2 rings (SSSR count). The Kier molecular flexibility index (Phi) is 6.91. The van der Waals surface area contributed by atoms with Crippen molar-refractivity contribution in [2.45, 2.75) is 31.1 Å². The summed E-state index contributed by atoms with van der Waals surface area (Å²) in [7, 11) is 1.59. The number of carbonyl (C=O) groups excluding carboxylic acids is 1.